The summed E-state index contributed by atoms with van der Waals surface area (Å²) in [5.41, 5.74) is 2.85. The van der Waals surface area contributed by atoms with Crippen molar-refractivity contribution in [2.24, 2.45) is 0 Å². The summed E-state index contributed by atoms with van der Waals surface area (Å²) in [4.78, 5) is 27.2. The number of ether oxygens (including phenoxy) is 1. The van der Waals surface area contributed by atoms with E-state index in [4.69, 9.17) is 4.74 Å². The van der Waals surface area contributed by atoms with Crippen LogP contribution < -0.4 is 15.4 Å². The lowest BCUT2D eigenvalue weighted by Crippen LogP contribution is -2.40. The highest BCUT2D eigenvalue weighted by Crippen LogP contribution is 2.22. The van der Waals surface area contributed by atoms with Crippen molar-refractivity contribution in [1.82, 2.24) is 10.2 Å². The van der Waals surface area contributed by atoms with Crippen LogP contribution >= 0.6 is 0 Å². The van der Waals surface area contributed by atoms with Gasteiger partial charge in [-0.3, -0.25) is 14.5 Å². The van der Waals surface area contributed by atoms with Crippen molar-refractivity contribution in [3.8, 4) is 5.75 Å². The highest BCUT2D eigenvalue weighted by molar-refractivity contribution is 5.98. The minimum Gasteiger partial charge on any atom is -0.492 e. The molecule has 154 valence electrons. The van der Waals surface area contributed by atoms with E-state index in [-0.39, 0.29) is 23.9 Å². The van der Waals surface area contributed by atoms with E-state index in [9.17, 15) is 9.59 Å². The fourth-order valence-corrected chi connectivity index (χ4v) is 3.22. The van der Waals surface area contributed by atoms with Crippen molar-refractivity contribution in [3.63, 3.8) is 0 Å². The van der Waals surface area contributed by atoms with Gasteiger partial charge >= 0.3 is 0 Å². The van der Waals surface area contributed by atoms with Crippen LogP contribution in [0.5, 0.6) is 5.75 Å². The fraction of sp³-hybridized carbons (Fsp3) is 0.391. The molecule has 0 bridgehead atoms. The number of anilines is 1. The minimum atomic E-state index is -0.323. The van der Waals surface area contributed by atoms with E-state index < -0.39 is 0 Å². The fourth-order valence-electron chi connectivity index (χ4n) is 3.22. The molecule has 0 saturated carbocycles. The lowest BCUT2D eigenvalue weighted by molar-refractivity contribution is -0.117. The first kappa shape index (κ1) is 20.9. The maximum Gasteiger partial charge on any atom is 0.251 e. The smallest absolute Gasteiger partial charge is 0.251 e. The molecule has 0 unspecified atom stereocenters. The van der Waals surface area contributed by atoms with Crippen LogP contribution in [-0.4, -0.2) is 41.9 Å². The minimum absolute atomic E-state index is 0.110. The van der Waals surface area contributed by atoms with Crippen LogP contribution in [0.25, 0.3) is 0 Å². The molecule has 1 aliphatic rings. The maximum atomic E-state index is 12.7. The highest BCUT2D eigenvalue weighted by Gasteiger charge is 2.19. The molecule has 29 heavy (non-hydrogen) atoms. The normalized spacial score (nSPS) is 14.3. The maximum absolute atomic E-state index is 12.7. The number of fused-ring (bicyclic) bond motifs is 1. The molecule has 2 aromatic rings. The Morgan fingerprint density at radius 1 is 1.14 bits per heavy atom. The molecule has 2 amide bonds. The first-order valence-corrected chi connectivity index (χ1v) is 9.87. The zero-order valence-corrected chi connectivity index (χ0v) is 17.5. The van der Waals surface area contributed by atoms with Crippen LogP contribution in [-0.2, 0) is 11.3 Å². The van der Waals surface area contributed by atoms with Gasteiger partial charge in [0.05, 0.1) is 6.54 Å². The van der Waals surface area contributed by atoms with E-state index in [1.54, 1.807) is 12.1 Å². The van der Waals surface area contributed by atoms with E-state index in [1.807, 2.05) is 58.0 Å². The predicted molar refractivity (Wildman–Crippen MR) is 114 cm³/mol. The number of para-hydroxylation sites is 1. The quantitative estimate of drug-likeness (QED) is 0.833. The molecule has 0 radical (unpaired) electrons. The summed E-state index contributed by atoms with van der Waals surface area (Å²) in [5.74, 6) is 0.610. The van der Waals surface area contributed by atoms with Gasteiger partial charge in [0, 0.05) is 35.4 Å². The predicted octanol–water partition coefficient (Wildman–Crippen LogP) is 3.36. The zero-order chi connectivity index (χ0) is 21.0. The van der Waals surface area contributed by atoms with E-state index in [2.05, 4.69) is 15.5 Å². The Morgan fingerprint density at radius 2 is 1.90 bits per heavy atom. The molecule has 1 heterocycles. The molecule has 6 heteroatoms. The topological polar surface area (TPSA) is 70.7 Å². The number of carbonyl (C=O) groups excluding carboxylic acids is 2. The number of rotatable bonds is 4. The van der Waals surface area contributed by atoms with Crippen LogP contribution in [0.2, 0.25) is 0 Å². The summed E-state index contributed by atoms with van der Waals surface area (Å²) in [6, 6.07) is 13.3. The Morgan fingerprint density at radius 3 is 2.66 bits per heavy atom. The van der Waals surface area contributed by atoms with E-state index in [0.29, 0.717) is 30.9 Å². The van der Waals surface area contributed by atoms with E-state index in [0.717, 1.165) is 16.9 Å². The Labute approximate surface area is 172 Å². The van der Waals surface area contributed by atoms with Gasteiger partial charge in [-0.25, -0.2) is 0 Å². The Hall–Kier alpha value is -2.86. The average Bonchev–Trinajstić information content (AvgIpc) is 2.83. The molecule has 6 nitrogen and oxygen atoms in total. The Bertz CT molecular complexity index is 902. The van der Waals surface area contributed by atoms with Crippen molar-refractivity contribution in [2.75, 3.05) is 25.0 Å². The standard InChI is InChI=1S/C23H29N3O3/c1-16-9-10-17(22(28)25-23(2,3)4)13-19(16)24-21(27)15-26-11-12-29-20-8-6-5-7-18(20)14-26/h5-10,13H,11-12,14-15H2,1-4H3,(H,24,27)(H,25,28). The van der Waals surface area contributed by atoms with Gasteiger partial charge in [-0.15, -0.1) is 0 Å². The molecule has 0 aromatic heterocycles. The molecule has 0 atom stereocenters. The van der Waals surface area contributed by atoms with Gasteiger partial charge in [-0.1, -0.05) is 24.3 Å². The van der Waals surface area contributed by atoms with Gasteiger partial charge in [0.25, 0.3) is 5.91 Å². The largest absolute Gasteiger partial charge is 0.492 e. The summed E-state index contributed by atoms with van der Waals surface area (Å²) >= 11 is 0. The molecule has 1 aliphatic heterocycles. The lowest BCUT2D eigenvalue weighted by atomic mass is 10.1. The van der Waals surface area contributed by atoms with E-state index in [1.165, 1.54) is 0 Å². The molecule has 0 fully saturated rings. The summed E-state index contributed by atoms with van der Waals surface area (Å²) in [5, 5.41) is 5.90. The first-order valence-electron chi connectivity index (χ1n) is 9.87. The molecule has 3 rings (SSSR count). The van der Waals surface area contributed by atoms with Crippen molar-refractivity contribution >= 4 is 17.5 Å². The second kappa shape index (κ2) is 8.66. The van der Waals surface area contributed by atoms with Crippen molar-refractivity contribution in [2.45, 2.75) is 39.8 Å². The number of benzene rings is 2. The van der Waals surface area contributed by atoms with Gasteiger partial charge in [-0.2, -0.15) is 0 Å². The molecule has 0 spiro atoms. The third-order valence-corrected chi connectivity index (χ3v) is 4.66. The van der Waals surface area contributed by atoms with Crippen molar-refractivity contribution < 1.29 is 14.3 Å². The van der Waals surface area contributed by atoms with Gasteiger partial charge in [0.2, 0.25) is 5.91 Å². The highest BCUT2D eigenvalue weighted by atomic mass is 16.5. The summed E-state index contributed by atoms with van der Waals surface area (Å²) in [7, 11) is 0. The molecular weight excluding hydrogens is 366 g/mol. The zero-order valence-electron chi connectivity index (χ0n) is 17.5. The third kappa shape index (κ3) is 5.81. The average molecular weight is 396 g/mol. The second-order valence-electron chi connectivity index (χ2n) is 8.45. The summed E-state index contributed by atoms with van der Waals surface area (Å²) < 4.78 is 5.76. The van der Waals surface area contributed by atoms with Crippen LogP contribution in [0.1, 0.15) is 42.3 Å². The summed E-state index contributed by atoms with van der Waals surface area (Å²) in [6.45, 7) is 9.87. The second-order valence-corrected chi connectivity index (χ2v) is 8.45. The number of hydrogen-bond donors (Lipinski definition) is 2. The Kier molecular flexibility index (Phi) is 6.23. The molecule has 0 aliphatic carbocycles. The van der Waals surface area contributed by atoms with Crippen LogP contribution in [0.4, 0.5) is 5.69 Å². The molecule has 2 N–H and O–H groups in total. The number of carbonyl (C=O) groups is 2. The monoisotopic (exact) mass is 395 g/mol. The van der Waals surface area contributed by atoms with E-state index >= 15 is 0 Å². The van der Waals surface area contributed by atoms with Crippen molar-refractivity contribution in [3.05, 3.63) is 59.2 Å². The Balaban J connectivity index is 1.66. The van der Waals surface area contributed by atoms with Gasteiger partial charge in [-0.05, 0) is 51.5 Å². The molecular formula is C23H29N3O3. The number of aryl methyl sites for hydroxylation is 1. The summed E-state index contributed by atoms with van der Waals surface area (Å²) in [6.07, 6.45) is 0. The van der Waals surface area contributed by atoms with Gasteiger partial charge in [0.1, 0.15) is 12.4 Å². The molecule has 2 aromatic carbocycles. The number of nitrogens with zero attached hydrogens (tertiary/aromatic N) is 1. The van der Waals surface area contributed by atoms with Crippen molar-refractivity contribution in [1.29, 1.82) is 0 Å². The van der Waals surface area contributed by atoms with Gasteiger partial charge in [0.15, 0.2) is 0 Å². The first-order chi connectivity index (χ1) is 13.7. The van der Waals surface area contributed by atoms with Crippen LogP contribution in [0.15, 0.2) is 42.5 Å². The SMILES string of the molecule is Cc1ccc(C(=O)NC(C)(C)C)cc1NC(=O)CN1CCOc2ccccc2C1. The van der Waals surface area contributed by atoms with Crippen LogP contribution in [0, 0.1) is 6.92 Å². The number of amides is 2. The lowest BCUT2D eigenvalue weighted by Gasteiger charge is -2.21. The van der Waals surface area contributed by atoms with Gasteiger partial charge < -0.3 is 15.4 Å². The number of hydrogen-bond acceptors (Lipinski definition) is 4. The number of nitrogens with one attached hydrogen (secondary N) is 2. The third-order valence-electron chi connectivity index (χ3n) is 4.66. The van der Waals surface area contributed by atoms with Crippen LogP contribution in [0.3, 0.4) is 0 Å². The molecule has 0 saturated heterocycles.